The van der Waals surface area contributed by atoms with Crippen LogP contribution in [-0.2, 0) is 19.0 Å². The van der Waals surface area contributed by atoms with E-state index in [2.05, 4.69) is 12.8 Å². The van der Waals surface area contributed by atoms with Crippen LogP contribution in [0.4, 0.5) is 0 Å². The van der Waals surface area contributed by atoms with Crippen molar-refractivity contribution in [3.05, 3.63) is 0 Å². The Morgan fingerprint density at radius 2 is 1.94 bits per heavy atom. The van der Waals surface area contributed by atoms with Gasteiger partial charge in [-0.05, 0) is 13.8 Å². The Balaban J connectivity index is 0.000000659. The van der Waals surface area contributed by atoms with Gasteiger partial charge in [0.15, 0.2) is 5.79 Å². The molecule has 2 saturated heterocycles. The maximum atomic E-state index is 11.0. The van der Waals surface area contributed by atoms with E-state index in [1.54, 1.807) is 0 Å². The average Bonchev–Trinajstić information content (AvgIpc) is 2.87. The number of ether oxygens (including phenoxy) is 3. The third-order valence-electron chi connectivity index (χ3n) is 2.49. The van der Waals surface area contributed by atoms with Gasteiger partial charge in [0.25, 0.3) is 0 Å². The van der Waals surface area contributed by atoms with E-state index in [1.807, 2.05) is 13.8 Å². The fourth-order valence-electron chi connectivity index (χ4n) is 1.82. The molecule has 2 fully saturated rings. The minimum Gasteiger partial charge on any atom is -0.458 e. The smallest absolute Gasteiger partial charge is 0.307 e. The molecule has 6 nitrogen and oxygen atoms in total. The summed E-state index contributed by atoms with van der Waals surface area (Å²) in [4.78, 5) is 11.0. The molecule has 0 radical (unpaired) electrons. The van der Waals surface area contributed by atoms with Gasteiger partial charge in [0, 0.05) is 7.11 Å². The molecule has 0 aliphatic carbocycles. The molecule has 2 heterocycles. The number of hydrogen-bond donors (Lipinski definition) is 2. The quantitative estimate of drug-likeness (QED) is 0.493. The Morgan fingerprint density at radius 3 is 2.28 bits per heavy atom. The number of rotatable bonds is 1. The summed E-state index contributed by atoms with van der Waals surface area (Å²) in [5.74, 6) is -0.852. The molecule has 0 amide bonds. The number of carbonyl (C=O) groups excluding carboxylic acids is 1. The summed E-state index contributed by atoms with van der Waals surface area (Å²) in [6, 6.07) is -0.273. The van der Waals surface area contributed by atoms with Crippen LogP contribution >= 0.6 is 0 Å². The van der Waals surface area contributed by atoms with Crippen LogP contribution in [0.15, 0.2) is 0 Å². The molecule has 6 heteroatoms. The average molecular weight is 259 g/mol. The Bertz CT molecular complexity index is 289. The highest BCUT2D eigenvalue weighted by molar-refractivity contribution is 5.72. The van der Waals surface area contributed by atoms with Crippen LogP contribution in [0.5, 0.6) is 0 Å². The van der Waals surface area contributed by atoms with E-state index < -0.39 is 5.79 Å². The topological polar surface area (TPSA) is 91.0 Å². The van der Waals surface area contributed by atoms with Crippen LogP contribution in [0.1, 0.15) is 20.3 Å². The molecule has 2 aliphatic rings. The molecule has 0 spiro atoms. The molecule has 3 N–H and O–H groups in total. The molecule has 0 saturated carbocycles. The van der Waals surface area contributed by atoms with Crippen LogP contribution in [0.2, 0.25) is 0 Å². The van der Waals surface area contributed by atoms with E-state index in [4.69, 9.17) is 25.1 Å². The number of aliphatic hydroxyl groups excluding tert-OH is 1. The monoisotopic (exact) mass is 259 g/mol. The lowest BCUT2D eigenvalue weighted by Gasteiger charge is -2.22. The van der Waals surface area contributed by atoms with Crippen molar-refractivity contribution in [3.8, 4) is 12.8 Å². The summed E-state index contributed by atoms with van der Waals surface area (Å²) < 4.78 is 16.0. The first-order valence-corrected chi connectivity index (χ1v) is 5.53. The van der Waals surface area contributed by atoms with Gasteiger partial charge in [-0.25, -0.2) is 0 Å². The maximum absolute atomic E-state index is 11.0. The lowest BCUT2D eigenvalue weighted by atomic mass is 10.1. The van der Waals surface area contributed by atoms with Crippen molar-refractivity contribution >= 4 is 5.97 Å². The van der Waals surface area contributed by atoms with Crippen molar-refractivity contribution in [1.29, 1.82) is 0 Å². The predicted molar refractivity (Wildman–Crippen MR) is 65.4 cm³/mol. The molecular weight excluding hydrogens is 238 g/mol. The summed E-state index contributed by atoms with van der Waals surface area (Å²) in [6.45, 7) is 4.09. The zero-order valence-electron chi connectivity index (χ0n) is 11.0. The summed E-state index contributed by atoms with van der Waals surface area (Å²) in [6.07, 6.45) is 7.68. The van der Waals surface area contributed by atoms with Crippen LogP contribution in [0.25, 0.3) is 0 Å². The van der Waals surface area contributed by atoms with Crippen molar-refractivity contribution in [2.24, 2.45) is 5.73 Å². The van der Waals surface area contributed by atoms with E-state index in [0.717, 1.165) is 7.11 Å². The summed E-state index contributed by atoms with van der Waals surface area (Å²) in [7, 11) is 1.00. The van der Waals surface area contributed by atoms with E-state index in [1.165, 1.54) is 0 Å². The standard InChI is InChI=1S/C9H15NO4.C2H2.CH4O/c1-9(2)12-4-6(14-9)8-5(10)3-7(11)13-8;2*1-2/h5-6,8H,3-4,10H2,1-2H3;1-2H;2H,1H3/t5-,6?,8?;;/m0../s1. The maximum Gasteiger partial charge on any atom is 0.307 e. The lowest BCUT2D eigenvalue weighted by Crippen LogP contribution is -2.41. The first-order chi connectivity index (χ1) is 8.48. The normalized spacial score (nSPS) is 32.6. The van der Waals surface area contributed by atoms with Crippen molar-refractivity contribution in [3.63, 3.8) is 0 Å². The van der Waals surface area contributed by atoms with E-state index >= 15 is 0 Å². The minimum absolute atomic E-state index is 0.230. The number of aliphatic hydroxyl groups is 1. The third kappa shape index (κ3) is 4.27. The largest absolute Gasteiger partial charge is 0.458 e. The molecule has 2 rings (SSSR count). The predicted octanol–water partition coefficient (Wildman–Crippen LogP) is -0.361. The van der Waals surface area contributed by atoms with Crippen LogP contribution in [0.3, 0.4) is 0 Å². The molecule has 0 aromatic rings. The fraction of sp³-hybridized carbons (Fsp3) is 0.750. The van der Waals surface area contributed by atoms with Crippen LogP contribution < -0.4 is 5.73 Å². The number of cyclic esters (lactones) is 1. The molecule has 3 atom stereocenters. The first kappa shape index (κ1) is 16.9. The van der Waals surface area contributed by atoms with Gasteiger partial charge in [-0.15, -0.1) is 12.8 Å². The van der Waals surface area contributed by atoms with Crippen molar-refractivity contribution < 1.29 is 24.1 Å². The van der Waals surface area contributed by atoms with Gasteiger partial charge in [0.05, 0.1) is 19.1 Å². The summed E-state index contributed by atoms with van der Waals surface area (Å²) in [5.41, 5.74) is 5.76. The van der Waals surface area contributed by atoms with Crippen molar-refractivity contribution in [1.82, 2.24) is 0 Å². The van der Waals surface area contributed by atoms with E-state index in [0.29, 0.717) is 6.61 Å². The zero-order chi connectivity index (χ0) is 14.3. The molecule has 2 unspecified atom stereocenters. The van der Waals surface area contributed by atoms with Gasteiger partial charge in [0.1, 0.15) is 12.2 Å². The van der Waals surface area contributed by atoms with Gasteiger partial charge in [0.2, 0.25) is 0 Å². The third-order valence-corrected chi connectivity index (χ3v) is 2.49. The Morgan fingerprint density at radius 1 is 1.39 bits per heavy atom. The number of terminal acetylenes is 1. The van der Waals surface area contributed by atoms with Gasteiger partial charge in [-0.1, -0.05) is 0 Å². The second-order valence-electron chi connectivity index (χ2n) is 4.19. The van der Waals surface area contributed by atoms with Gasteiger partial charge < -0.3 is 25.1 Å². The number of hydrogen-bond acceptors (Lipinski definition) is 6. The fourth-order valence-corrected chi connectivity index (χ4v) is 1.82. The van der Waals surface area contributed by atoms with Crippen molar-refractivity contribution in [2.75, 3.05) is 13.7 Å². The number of esters is 1. The second-order valence-corrected chi connectivity index (χ2v) is 4.19. The Hall–Kier alpha value is -1.13. The number of carbonyl (C=O) groups is 1. The molecular formula is C12H21NO5. The molecule has 0 aromatic heterocycles. The van der Waals surface area contributed by atoms with Crippen LogP contribution in [0, 0.1) is 12.8 Å². The van der Waals surface area contributed by atoms with Gasteiger partial charge in [-0.3, -0.25) is 4.79 Å². The van der Waals surface area contributed by atoms with Crippen LogP contribution in [-0.4, -0.2) is 48.8 Å². The highest BCUT2D eigenvalue weighted by atomic mass is 16.8. The summed E-state index contributed by atoms with van der Waals surface area (Å²) in [5, 5.41) is 7.00. The Labute approximate surface area is 107 Å². The SMILES string of the molecule is C#C.CC1(C)OCC(C2OC(=O)C[C@@H]2N)O1.CO. The highest BCUT2D eigenvalue weighted by Gasteiger charge is 2.45. The molecule has 0 aromatic carbocycles. The lowest BCUT2D eigenvalue weighted by molar-refractivity contribution is -0.162. The molecule has 2 aliphatic heterocycles. The van der Waals surface area contributed by atoms with E-state index in [9.17, 15) is 4.79 Å². The van der Waals surface area contributed by atoms with Crippen molar-refractivity contribution in [2.45, 2.75) is 44.3 Å². The minimum atomic E-state index is -0.598. The van der Waals surface area contributed by atoms with Gasteiger partial charge >= 0.3 is 5.97 Å². The summed E-state index contributed by atoms with van der Waals surface area (Å²) >= 11 is 0. The molecule has 18 heavy (non-hydrogen) atoms. The Kier molecular flexibility index (Phi) is 6.88. The van der Waals surface area contributed by atoms with E-state index in [-0.39, 0.29) is 30.6 Å². The second kappa shape index (κ2) is 7.34. The zero-order valence-corrected chi connectivity index (χ0v) is 11.0. The number of nitrogens with two attached hydrogens (primary N) is 1. The molecule has 0 bridgehead atoms. The first-order valence-electron chi connectivity index (χ1n) is 5.53. The van der Waals surface area contributed by atoms with Gasteiger partial charge in [-0.2, -0.15) is 0 Å². The highest BCUT2D eigenvalue weighted by Crippen LogP contribution is 2.29. The molecule has 104 valence electrons.